The Morgan fingerprint density at radius 2 is 2.18 bits per heavy atom. The van der Waals surface area contributed by atoms with Crippen LogP contribution in [0.25, 0.3) is 10.9 Å². The number of hydrogen-bond acceptors (Lipinski definition) is 3. The molecule has 1 amide bonds. The summed E-state index contributed by atoms with van der Waals surface area (Å²) in [6.07, 6.45) is 1.32. The van der Waals surface area contributed by atoms with Crippen LogP contribution in [0.5, 0.6) is 0 Å². The predicted molar refractivity (Wildman–Crippen MR) is 64.7 cm³/mol. The maximum atomic E-state index is 11.7. The number of hydrogen-bond donors (Lipinski definition) is 1. The Morgan fingerprint density at radius 3 is 2.94 bits per heavy atom. The summed E-state index contributed by atoms with van der Waals surface area (Å²) in [7, 11) is 0. The van der Waals surface area contributed by atoms with E-state index in [-0.39, 0.29) is 12.3 Å². The summed E-state index contributed by atoms with van der Waals surface area (Å²) in [6, 6.07) is 9.69. The summed E-state index contributed by atoms with van der Waals surface area (Å²) in [5, 5.41) is 10.5. The SMILES string of the molecule is O=C1CC(O)CN1c1cnc2ccccc2c1. The average molecular weight is 228 g/mol. The Morgan fingerprint density at radius 1 is 1.35 bits per heavy atom. The van der Waals surface area contributed by atoms with Crippen LogP contribution in [0.4, 0.5) is 5.69 Å². The Labute approximate surface area is 98.5 Å². The van der Waals surface area contributed by atoms with E-state index in [9.17, 15) is 9.90 Å². The van der Waals surface area contributed by atoms with Crippen LogP contribution in [-0.2, 0) is 4.79 Å². The summed E-state index contributed by atoms with van der Waals surface area (Å²) in [6.45, 7) is 0.360. The van der Waals surface area contributed by atoms with Crippen LogP contribution < -0.4 is 4.90 Å². The molecule has 2 heterocycles. The second kappa shape index (κ2) is 3.82. The zero-order valence-corrected chi connectivity index (χ0v) is 9.21. The Balaban J connectivity index is 2.03. The van der Waals surface area contributed by atoms with Crippen LogP contribution >= 0.6 is 0 Å². The third kappa shape index (κ3) is 1.76. The van der Waals surface area contributed by atoms with Gasteiger partial charge < -0.3 is 10.0 Å². The number of carbonyl (C=O) groups is 1. The number of fused-ring (bicyclic) bond motifs is 1. The van der Waals surface area contributed by atoms with E-state index < -0.39 is 6.10 Å². The van der Waals surface area contributed by atoms with Gasteiger partial charge in [-0.15, -0.1) is 0 Å². The molecule has 1 aliphatic heterocycles. The van der Waals surface area contributed by atoms with Crippen molar-refractivity contribution < 1.29 is 9.90 Å². The molecule has 2 aromatic rings. The van der Waals surface area contributed by atoms with E-state index in [0.717, 1.165) is 16.6 Å². The molecule has 3 rings (SSSR count). The summed E-state index contributed by atoms with van der Waals surface area (Å²) in [5.41, 5.74) is 1.66. The number of aromatic nitrogens is 1. The number of amides is 1. The summed E-state index contributed by atoms with van der Waals surface area (Å²) in [5.74, 6) is -0.0467. The van der Waals surface area contributed by atoms with Crippen molar-refractivity contribution in [3.8, 4) is 0 Å². The molecule has 0 spiro atoms. The summed E-state index contributed by atoms with van der Waals surface area (Å²) in [4.78, 5) is 17.6. The molecule has 0 bridgehead atoms. The first-order valence-corrected chi connectivity index (χ1v) is 5.57. The van der Waals surface area contributed by atoms with Crippen molar-refractivity contribution in [2.45, 2.75) is 12.5 Å². The van der Waals surface area contributed by atoms with E-state index in [1.54, 1.807) is 11.1 Å². The monoisotopic (exact) mass is 228 g/mol. The number of aliphatic hydroxyl groups is 1. The van der Waals surface area contributed by atoms with Gasteiger partial charge in [0.1, 0.15) is 0 Å². The average Bonchev–Trinajstić information content (AvgIpc) is 2.68. The van der Waals surface area contributed by atoms with Crippen molar-refractivity contribution in [3.63, 3.8) is 0 Å². The molecule has 1 aromatic carbocycles. The highest BCUT2D eigenvalue weighted by Gasteiger charge is 2.29. The largest absolute Gasteiger partial charge is 0.391 e. The van der Waals surface area contributed by atoms with Crippen molar-refractivity contribution in [1.29, 1.82) is 0 Å². The lowest BCUT2D eigenvalue weighted by atomic mass is 10.2. The molecule has 17 heavy (non-hydrogen) atoms. The molecule has 1 aliphatic rings. The molecular weight excluding hydrogens is 216 g/mol. The number of nitrogens with zero attached hydrogens (tertiary/aromatic N) is 2. The highest BCUT2D eigenvalue weighted by atomic mass is 16.3. The highest BCUT2D eigenvalue weighted by molar-refractivity contribution is 5.97. The third-order valence-corrected chi connectivity index (χ3v) is 2.99. The first-order valence-electron chi connectivity index (χ1n) is 5.57. The van der Waals surface area contributed by atoms with Crippen molar-refractivity contribution in [2.75, 3.05) is 11.4 Å². The van der Waals surface area contributed by atoms with Gasteiger partial charge >= 0.3 is 0 Å². The number of pyridine rings is 1. The number of β-amino-alcohol motifs (C(OH)–C–C–N with tert-alkyl or cyclic N) is 1. The lowest BCUT2D eigenvalue weighted by Crippen LogP contribution is -2.25. The molecular formula is C13H12N2O2. The minimum atomic E-state index is -0.561. The number of aliphatic hydroxyl groups excluding tert-OH is 1. The second-order valence-corrected chi connectivity index (χ2v) is 4.25. The molecule has 1 N–H and O–H groups in total. The number of para-hydroxylation sites is 1. The molecule has 0 saturated carbocycles. The van der Waals surface area contributed by atoms with Crippen molar-refractivity contribution >= 4 is 22.5 Å². The van der Waals surface area contributed by atoms with Crippen molar-refractivity contribution in [3.05, 3.63) is 36.5 Å². The van der Waals surface area contributed by atoms with Gasteiger partial charge in [0.15, 0.2) is 0 Å². The standard InChI is InChI=1S/C13H12N2O2/c16-11-6-13(17)15(8-11)10-5-9-3-1-2-4-12(9)14-7-10/h1-5,7,11,16H,6,8H2. The molecule has 86 valence electrons. The first-order chi connectivity index (χ1) is 8.24. The van der Waals surface area contributed by atoms with Crippen LogP contribution in [0.3, 0.4) is 0 Å². The molecule has 1 unspecified atom stereocenters. The molecule has 4 nitrogen and oxygen atoms in total. The van der Waals surface area contributed by atoms with Gasteiger partial charge in [0, 0.05) is 5.39 Å². The van der Waals surface area contributed by atoms with E-state index in [1.807, 2.05) is 30.3 Å². The van der Waals surface area contributed by atoms with Gasteiger partial charge in [-0.05, 0) is 12.1 Å². The Bertz CT molecular complexity index is 582. The minimum absolute atomic E-state index is 0.0467. The molecule has 1 saturated heterocycles. The number of anilines is 1. The van der Waals surface area contributed by atoms with E-state index in [0.29, 0.717) is 6.54 Å². The lowest BCUT2D eigenvalue weighted by molar-refractivity contribution is -0.117. The topological polar surface area (TPSA) is 53.4 Å². The van der Waals surface area contributed by atoms with Crippen molar-refractivity contribution in [2.24, 2.45) is 0 Å². The molecule has 1 aromatic heterocycles. The second-order valence-electron chi connectivity index (χ2n) is 4.25. The quantitative estimate of drug-likeness (QED) is 0.801. The number of carbonyl (C=O) groups excluding carboxylic acids is 1. The normalized spacial score (nSPS) is 20.2. The zero-order chi connectivity index (χ0) is 11.8. The number of benzene rings is 1. The van der Waals surface area contributed by atoms with Gasteiger partial charge in [-0.25, -0.2) is 0 Å². The number of rotatable bonds is 1. The van der Waals surface area contributed by atoms with Gasteiger partial charge in [0.05, 0.1) is 36.5 Å². The fourth-order valence-electron chi connectivity index (χ4n) is 2.15. The maximum absolute atomic E-state index is 11.7. The van der Waals surface area contributed by atoms with E-state index >= 15 is 0 Å². The third-order valence-electron chi connectivity index (χ3n) is 2.99. The van der Waals surface area contributed by atoms with E-state index in [4.69, 9.17) is 0 Å². The van der Waals surface area contributed by atoms with Crippen LogP contribution in [0.15, 0.2) is 36.5 Å². The fraction of sp³-hybridized carbons (Fsp3) is 0.231. The van der Waals surface area contributed by atoms with E-state index in [1.165, 1.54) is 0 Å². The van der Waals surface area contributed by atoms with Crippen LogP contribution in [0.1, 0.15) is 6.42 Å². The van der Waals surface area contributed by atoms with Crippen LogP contribution in [-0.4, -0.2) is 28.6 Å². The van der Waals surface area contributed by atoms with Crippen LogP contribution in [0, 0.1) is 0 Å². The Hall–Kier alpha value is -1.94. The smallest absolute Gasteiger partial charge is 0.229 e. The summed E-state index contributed by atoms with van der Waals surface area (Å²) < 4.78 is 0. The van der Waals surface area contributed by atoms with Gasteiger partial charge in [-0.2, -0.15) is 0 Å². The van der Waals surface area contributed by atoms with Crippen LogP contribution in [0.2, 0.25) is 0 Å². The van der Waals surface area contributed by atoms with Crippen molar-refractivity contribution in [1.82, 2.24) is 4.98 Å². The molecule has 0 aliphatic carbocycles. The molecule has 0 radical (unpaired) electrons. The summed E-state index contributed by atoms with van der Waals surface area (Å²) >= 11 is 0. The van der Waals surface area contributed by atoms with Gasteiger partial charge in [-0.1, -0.05) is 18.2 Å². The highest BCUT2D eigenvalue weighted by Crippen LogP contribution is 2.24. The van der Waals surface area contributed by atoms with Gasteiger partial charge in [-0.3, -0.25) is 9.78 Å². The zero-order valence-electron chi connectivity index (χ0n) is 9.21. The van der Waals surface area contributed by atoms with Gasteiger partial charge in [0.25, 0.3) is 0 Å². The predicted octanol–water partition coefficient (Wildman–Crippen LogP) is 1.33. The van der Waals surface area contributed by atoms with Gasteiger partial charge in [0.2, 0.25) is 5.91 Å². The maximum Gasteiger partial charge on any atom is 0.229 e. The fourth-order valence-corrected chi connectivity index (χ4v) is 2.15. The lowest BCUT2D eigenvalue weighted by Gasteiger charge is -2.15. The molecule has 1 atom stereocenters. The first kappa shape index (κ1) is 10.2. The van der Waals surface area contributed by atoms with E-state index in [2.05, 4.69) is 4.98 Å². The molecule has 1 fully saturated rings. The Kier molecular flexibility index (Phi) is 2.30. The minimum Gasteiger partial charge on any atom is -0.391 e. The molecule has 4 heteroatoms.